The third-order valence-electron chi connectivity index (χ3n) is 4.53. The summed E-state index contributed by atoms with van der Waals surface area (Å²) in [6, 6.07) is 8.06. The zero-order valence-electron chi connectivity index (χ0n) is 10.5. The SMILES string of the molecule is O=C(O)C1Sc2ccccc2N1[C@@]12C=C[C@@H](CC1)C2. The van der Waals surface area contributed by atoms with Crippen LogP contribution in [0.3, 0.4) is 0 Å². The molecule has 3 nitrogen and oxygen atoms in total. The molecule has 0 radical (unpaired) electrons. The molecule has 3 atom stereocenters. The molecule has 3 aliphatic rings. The van der Waals surface area contributed by atoms with E-state index in [0.717, 1.165) is 23.4 Å². The number of para-hydroxylation sites is 1. The van der Waals surface area contributed by atoms with Gasteiger partial charge in [0.05, 0.1) is 11.2 Å². The molecule has 0 spiro atoms. The maximum Gasteiger partial charge on any atom is 0.337 e. The van der Waals surface area contributed by atoms with Gasteiger partial charge < -0.3 is 10.0 Å². The first kappa shape index (κ1) is 11.4. The fraction of sp³-hybridized carbons (Fsp3) is 0.400. The molecular weight excluding hydrogens is 258 g/mol. The molecule has 98 valence electrons. The van der Waals surface area contributed by atoms with Crippen molar-refractivity contribution in [3.63, 3.8) is 0 Å². The summed E-state index contributed by atoms with van der Waals surface area (Å²) in [7, 11) is 0. The van der Waals surface area contributed by atoms with E-state index in [2.05, 4.69) is 23.1 Å². The molecule has 1 N–H and O–H groups in total. The molecule has 1 fully saturated rings. The fourth-order valence-electron chi connectivity index (χ4n) is 3.71. The molecule has 1 aliphatic heterocycles. The Morgan fingerprint density at radius 1 is 1.42 bits per heavy atom. The maximum absolute atomic E-state index is 11.6. The van der Waals surface area contributed by atoms with Crippen molar-refractivity contribution in [3.8, 4) is 0 Å². The number of anilines is 1. The van der Waals surface area contributed by atoms with E-state index in [0.29, 0.717) is 5.92 Å². The number of thioether (sulfide) groups is 1. The topological polar surface area (TPSA) is 40.5 Å². The Kier molecular flexibility index (Phi) is 2.28. The summed E-state index contributed by atoms with van der Waals surface area (Å²) in [5, 5.41) is 9.07. The van der Waals surface area contributed by atoms with Gasteiger partial charge in [-0.2, -0.15) is 0 Å². The molecule has 1 aromatic carbocycles. The smallest absolute Gasteiger partial charge is 0.337 e. The predicted molar refractivity (Wildman–Crippen MR) is 75.4 cm³/mol. The third kappa shape index (κ3) is 1.49. The van der Waals surface area contributed by atoms with Crippen LogP contribution in [0.5, 0.6) is 0 Å². The van der Waals surface area contributed by atoms with Crippen molar-refractivity contribution in [2.24, 2.45) is 5.92 Å². The van der Waals surface area contributed by atoms with Gasteiger partial charge in [-0.05, 0) is 37.3 Å². The van der Waals surface area contributed by atoms with Crippen LogP contribution in [0.25, 0.3) is 0 Å². The summed E-state index contributed by atoms with van der Waals surface area (Å²) in [5.41, 5.74) is 1.03. The highest BCUT2D eigenvalue weighted by molar-refractivity contribution is 8.01. The molecule has 19 heavy (non-hydrogen) atoms. The van der Waals surface area contributed by atoms with E-state index in [1.807, 2.05) is 18.2 Å². The fourth-order valence-corrected chi connectivity index (χ4v) is 4.93. The lowest BCUT2D eigenvalue weighted by atomic mass is 9.95. The highest BCUT2D eigenvalue weighted by atomic mass is 32.2. The summed E-state index contributed by atoms with van der Waals surface area (Å²) < 4.78 is 0. The number of carboxylic acids is 1. The molecule has 1 heterocycles. The summed E-state index contributed by atoms with van der Waals surface area (Å²) in [6.45, 7) is 0. The molecule has 4 heteroatoms. The lowest BCUT2D eigenvalue weighted by Crippen LogP contribution is -2.50. The van der Waals surface area contributed by atoms with E-state index < -0.39 is 11.3 Å². The minimum absolute atomic E-state index is 0.0622. The van der Waals surface area contributed by atoms with Crippen LogP contribution in [-0.4, -0.2) is 22.0 Å². The lowest BCUT2D eigenvalue weighted by Gasteiger charge is -2.39. The number of aliphatic carboxylic acids is 1. The number of carbonyl (C=O) groups is 1. The van der Waals surface area contributed by atoms with Crippen molar-refractivity contribution in [1.29, 1.82) is 0 Å². The number of hydrogen-bond acceptors (Lipinski definition) is 3. The van der Waals surface area contributed by atoms with Gasteiger partial charge in [-0.1, -0.05) is 36.0 Å². The Hall–Kier alpha value is -1.42. The quantitative estimate of drug-likeness (QED) is 0.841. The average molecular weight is 273 g/mol. The molecule has 2 bridgehead atoms. The molecular formula is C15H15NO2S. The summed E-state index contributed by atoms with van der Waals surface area (Å²) >= 11 is 1.46. The van der Waals surface area contributed by atoms with Crippen LogP contribution in [-0.2, 0) is 4.79 Å². The Morgan fingerprint density at radius 3 is 2.89 bits per heavy atom. The molecule has 2 aliphatic carbocycles. The monoisotopic (exact) mass is 273 g/mol. The largest absolute Gasteiger partial charge is 0.479 e. The van der Waals surface area contributed by atoms with Crippen molar-refractivity contribution in [3.05, 3.63) is 36.4 Å². The number of fused-ring (bicyclic) bond motifs is 3. The van der Waals surface area contributed by atoms with Crippen LogP contribution >= 0.6 is 11.8 Å². The molecule has 0 saturated heterocycles. The van der Waals surface area contributed by atoms with Gasteiger partial charge in [0, 0.05) is 4.90 Å². The Morgan fingerprint density at radius 2 is 2.26 bits per heavy atom. The summed E-state index contributed by atoms with van der Waals surface area (Å²) in [4.78, 5) is 14.9. The second-order valence-electron chi connectivity index (χ2n) is 5.61. The molecule has 1 unspecified atom stereocenters. The Balaban J connectivity index is 1.83. The van der Waals surface area contributed by atoms with Crippen LogP contribution < -0.4 is 4.90 Å². The molecule has 0 aromatic heterocycles. The minimum atomic E-state index is -0.737. The van der Waals surface area contributed by atoms with Gasteiger partial charge in [0.15, 0.2) is 5.37 Å². The third-order valence-corrected chi connectivity index (χ3v) is 5.77. The highest BCUT2D eigenvalue weighted by Gasteiger charge is 2.52. The number of rotatable bonds is 2. The van der Waals surface area contributed by atoms with Crippen LogP contribution in [0.1, 0.15) is 19.3 Å². The van der Waals surface area contributed by atoms with E-state index in [9.17, 15) is 9.90 Å². The predicted octanol–water partition coefficient (Wildman–Crippen LogP) is 3.12. The second kappa shape index (κ2) is 3.79. The normalized spacial score (nSPS) is 34.8. The van der Waals surface area contributed by atoms with Crippen molar-refractivity contribution in [1.82, 2.24) is 0 Å². The molecule has 4 rings (SSSR count). The Bertz CT molecular complexity index is 585. The van der Waals surface area contributed by atoms with Gasteiger partial charge in [-0.15, -0.1) is 0 Å². The van der Waals surface area contributed by atoms with E-state index in [1.54, 1.807) is 0 Å². The number of allylic oxidation sites excluding steroid dienone is 1. The lowest BCUT2D eigenvalue weighted by molar-refractivity contribution is -0.136. The molecule has 0 amide bonds. The van der Waals surface area contributed by atoms with Crippen molar-refractivity contribution >= 4 is 23.4 Å². The number of nitrogens with zero attached hydrogens (tertiary/aromatic N) is 1. The first-order chi connectivity index (χ1) is 9.20. The average Bonchev–Trinajstić information content (AvgIpc) is 3.10. The molecule has 1 saturated carbocycles. The van der Waals surface area contributed by atoms with Crippen LogP contribution in [0.4, 0.5) is 5.69 Å². The standard InChI is InChI=1S/C15H15NO2S/c17-14(18)13-16(11-3-1-2-4-12(11)19-13)15-7-5-10(9-15)6-8-15/h1-5,7,10,13H,6,8-9H2,(H,17,18)/t10-,13?,15-/m0/s1. The van der Waals surface area contributed by atoms with Gasteiger partial charge in [-0.25, -0.2) is 4.79 Å². The van der Waals surface area contributed by atoms with Gasteiger partial charge >= 0.3 is 5.97 Å². The number of carboxylic acid groups (broad SMARTS) is 1. The van der Waals surface area contributed by atoms with Crippen LogP contribution in [0, 0.1) is 5.92 Å². The zero-order valence-corrected chi connectivity index (χ0v) is 11.3. The minimum Gasteiger partial charge on any atom is -0.479 e. The number of hydrogen-bond donors (Lipinski definition) is 1. The van der Waals surface area contributed by atoms with E-state index in [-0.39, 0.29) is 5.54 Å². The van der Waals surface area contributed by atoms with Gasteiger partial charge in [0.1, 0.15) is 0 Å². The first-order valence-electron chi connectivity index (χ1n) is 6.67. The maximum atomic E-state index is 11.6. The highest BCUT2D eigenvalue weighted by Crippen LogP contribution is 2.55. The number of benzene rings is 1. The van der Waals surface area contributed by atoms with Crippen LogP contribution in [0.15, 0.2) is 41.3 Å². The summed E-state index contributed by atoms with van der Waals surface area (Å²) in [6.07, 6.45) is 7.86. The first-order valence-corrected chi connectivity index (χ1v) is 7.55. The second-order valence-corrected chi connectivity index (χ2v) is 6.73. The van der Waals surface area contributed by atoms with E-state index in [1.165, 1.54) is 18.2 Å². The van der Waals surface area contributed by atoms with Gasteiger partial charge in [-0.3, -0.25) is 0 Å². The van der Waals surface area contributed by atoms with Gasteiger partial charge in [0.2, 0.25) is 0 Å². The summed E-state index contributed by atoms with van der Waals surface area (Å²) in [5.74, 6) is -0.0912. The van der Waals surface area contributed by atoms with Crippen molar-refractivity contribution < 1.29 is 9.90 Å². The zero-order chi connectivity index (χ0) is 13.0. The van der Waals surface area contributed by atoms with Crippen molar-refractivity contribution in [2.75, 3.05) is 4.90 Å². The van der Waals surface area contributed by atoms with Gasteiger partial charge in [0.25, 0.3) is 0 Å². The van der Waals surface area contributed by atoms with Crippen LogP contribution in [0.2, 0.25) is 0 Å². The van der Waals surface area contributed by atoms with Crippen molar-refractivity contribution in [2.45, 2.75) is 35.1 Å². The molecule has 1 aromatic rings. The Labute approximate surface area is 116 Å². The van der Waals surface area contributed by atoms with E-state index >= 15 is 0 Å². The van der Waals surface area contributed by atoms with E-state index in [4.69, 9.17) is 0 Å².